The quantitative estimate of drug-likeness (QED) is 0.473. The minimum Gasteiger partial charge on any atom is -0.444 e. The first-order chi connectivity index (χ1) is 13.5. The second-order valence-electron chi connectivity index (χ2n) is 8.97. The van der Waals surface area contributed by atoms with Crippen molar-refractivity contribution in [1.82, 2.24) is 20.4 Å². The van der Waals surface area contributed by atoms with Crippen LogP contribution in [0.4, 0.5) is 4.79 Å². The Bertz CT molecular complexity index is 551. The van der Waals surface area contributed by atoms with Gasteiger partial charge in [0.2, 0.25) is 5.91 Å². The van der Waals surface area contributed by atoms with Crippen LogP contribution in [0.25, 0.3) is 0 Å². The molecule has 0 aromatic rings. The molecular formula is C21H41N5O3. The Kier molecular flexibility index (Phi) is 10.3. The van der Waals surface area contributed by atoms with Crippen LogP contribution in [0.3, 0.4) is 0 Å². The van der Waals surface area contributed by atoms with Crippen molar-refractivity contribution in [3.63, 3.8) is 0 Å². The minimum absolute atomic E-state index is 0.0126. The lowest BCUT2D eigenvalue weighted by Crippen LogP contribution is -2.45. The van der Waals surface area contributed by atoms with Gasteiger partial charge in [-0.2, -0.15) is 0 Å². The highest BCUT2D eigenvalue weighted by molar-refractivity contribution is 5.85. The van der Waals surface area contributed by atoms with Crippen molar-refractivity contribution in [2.45, 2.75) is 72.4 Å². The molecule has 0 aliphatic carbocycles. The maximum atomic E-state index is 12.3. The van der Waals surface area contributed by atoms with Crippen LogP contribution in [-0.2, 0) is 9.53 Å². The van der Waals surface area contributed by atoms with E-state index in [0.29, 0.717) is 12.5 Å². The second-order valence-corrected chi connectivity index (χ2v) is 8.97. The first-order valence-corrected chi connectivity index (χ1v) is 10.8. The molecule has 1 aliphatic rings. The van der Waals surface area contributed by atoms with Crippen LogP contribution < -0.4 is 10.6 Å². The number of carbonyl (C=O) groups excluding carboxylic acids is 2. The summed E-state index contributed by atoms with van der Waals surface area (Å²) in [6.45, 7) is 15.0. The zero-order chi connectivity index (χ0) is 22.0. The molecule has 29 heavy (non-hydrogen) atoms. The molecule has 1 saturated heterocycles. The van der Waals surface area contributed by atoms with E-state index in [1.807, 2.05) is 44.5 Å². The zero-order valence-corrected chi connectivity index (χ0v) is 19.4. The topological polar surface area (TPSA) is 86.3 Å². The van der Waals surface area contributed by atoms with Crippen molar-refractivity contribution in [2.75, 3.05) is 39.8 Å². The molecule has 1 fully saturated rings. The van der Waals surface area contributed by atoms with Gasteiger partial charge in [0.25, 0.3) is 0 Å². The molecule has 8 nitrogen and oxygen atoms in total. The molecule has 2 amide bonds. The molecule has 1 aliphatic heterocycles. The normalized spacial score (nSPS) is 16.0. The van der Waals surface area contributed by atoms with Crippen molar-refractivity contribution in [2.24, 2.45) is 10.9 Å². The third-order valence-electron chi connectivity index (χ3n) is 4.80. The van der Waals surface area contributed by atoms with Gasteiger partial charge in [-0.15, -0.1) is 0 Å². The molecule has 1 atom stereocenters. The number of hydrogen-bond donors (Lipinski definition) is 2. The molecule has 168 valence electrons. The first kappa shape index (κ1) is 25.0. The molecule has 0 bridgehead atoms. The van der Waals surface area contributed by atoms with E-state index in [1.54, 1.807) is 0 Å². The number of guanidine groups is 1. The van der Waals surface area contributed by atoms with Gasteiger partial charge in [-0.1, -0.05) is 13.8 Å². The van der Waals surface area contributed by atoms with E-state index in [2.05, 4.69) is 29.5 Å². The average molecular weight is 412 g/mol. The zero-order valence-electron chi connectivity index (χ0n) is 19.4. The monoisotopic (exact) mass is 411 g/mol. The van der Waals surface area contributed by atoms with E-state index in [4.69, 9.17) is 4.74 Å². The number of nitrogens with zero attached hydrogens (tertiary/aromatic N) is 3. The lowest BCUT2D eigenvalue weighted by molar-refractivity contribution is -0.128. The summed E-state index contributed by atoms with van der Waals surface area (Å²) in [7, 11) is 1.95. The van der Waals surface area contributed by atoms with Crippen molar-refractivity contribution >= 4 is 18.0 Å². The molecular weight excluding hydrogens is 370 g/mol. The molecule has 0 aromatic carbocycles. The maximum absolute atomic E-state index is 12.3. The summed E-state index contributed by atoms with van der Waals surface area (Å²) in [4.78, 5) is 32.8. The molecule has 1 heterocycles. The van der Waals surface area contributed by atoms with Crippen molar-refractivity contribution in [1.29, 1.82) is 0 Å². The molecule has 0 saturated carbocycles. The van der Waals surface area contributed by atoms with E-state index in [0.717, 1.165) is 38.9 Å². The SMILES string of the molecule is CCNC(=NCC(=O)N1CCCC1)N(C)CCC(NC(=O)OC(C)(C)C)C(C)C. The number of rotatable bonds is 8. The predicted molar refractivity (Wildman–Crippen MR) is 117 cm³/mol. The summed E-state index contributed by atoms with van der Waals surface area (Å²) in [5.74, 6) is 1.06. The number of aliphatic imine (C=N–C) groups is 1. The molecule has 2 N–H and O–H groups in total. The van der Waals surface area contributed by atoms with Crippen molar-refractivity contribution in [3.8, 4) is 0 Å². The lowest BCUT2D eigenvalue weighted by Gasteiger charge is -2.28. The van der Waals surface area contributed by atoms with Gasteiger partial charge in [-0.25, -0.2) is 9.79 Å². The van der Waals surface area contributed by atoms with Crippen LogP contribution in [0.2, 0.25) is 0 Å². The summed E-state index contributed by atoms with van der Waals surface area (Å²) in [6, 6.07) is -0.0126. The predicted octanol–water partition coefficient (Wildman–Crippen LogP) is 2.45. The van der Waals surface area contributed by atoms with Crippen LogP contribution in [-0.4, -0.2) is 79.2 Å². The van der Waals surface area contributed by atoms with Gasteiger partial charge in [0.05, 0.1) is 0 Å². The fourth-order valence-corrected chi connectivity index (χ4v) is 3.15. The Morgan fingerprint density at radius 3 is 2.34 bits per heavy atom. The van der Waals surface area contributed by atoms with Gasteiger partial charge in [-0.3, -0.25) is 4.79 Å². The smallest absolute Gasteiger partial charge is 0.407 e. The average Bonchev–Trinajstić information content (AvgIpc) is 3.14. The number of amides is 2. The lowest BCUT2D eigenvalue weighted by atomic mass is 10.0. The van der Waals surface area contributed by atoms with Crippen molar-refractivity contribution in [3.05, 3.63) is 0 Å². The third-order valence-corrected chi connectivity index (χ3v) is 4.80. The van der Waals surface area contributed by atoms with E-state index in [1.165, 1.54) is 0 Å². The first-order valence-electron chi connectivity index (χ1n) is 10.8. The number of carbonyl (C=O) groups is 2. The van der Waals surface area contributed by atoms with E-state index in [9.17, 15) is 9.59 Å². The maximum Gasteiger partial charge on any atom is 0.407 e. The van der Waals surface area contributed by atoms with E-state index < -0.39 is 11.7 Å². The fourth-order valence-electron chi connectivity index (χ4n) is 3.15. The van der Waals surface area contributed by atoms with E-state index in [-0.39, 0.29) is 24.4 Å². The number of nitrogens with one attached hydrogen (secondary N) is 2. The van der Waals surface area contributed by atoms with E-state index >= 15 is 0 Å². The summed E-state index contributed by atoms with van der Waals surface area (Å²) >= 11 is 0. The standard InChI is InChI=1S/C21H41N5O3/c1-8-22-19(23-15-18(27)26-12-9-10-13-26)25(7)14-11-17(16(2)3)24-20(28)29-21(4,5)6/h16-17H,8-15H2,1-7H3,(H,22,23)(H,24,28). The number of hydrogen-bond acceptors (Lipinski definition) is 4. The van der Waals surface area contributed by atoms with Crippen LogP contribution in [0, 0.1) is 5.92 Å². The molecule has 1 unspecified atom stereocenters. The van der Waals surface area contributed by atoms with Gasteiger partial charge < -0.3 is 25.2 Å². The highest BCUT2D eigenvalue weighted by atomic mass is 16.6. The Hall–Kier alpha value is -1.99. The molecule has 1 rings (SSSR count). The fraction of sp³-hybridized carbons (Fsp3) is 0.857. The molecule has 0 spiro atoms. The third kappa shape index (κ3) is 9.85. The largest absolute Gasteiger partial charge is 0.444 e. The van der Waals surface area contributed by atoms with Gasteiger partial charge in [-0.05, 0) is 52.9 Å². The highest BCUT2D eigenvalue weighted by Gasteiger charge is 2.22. The van der Waals surface area contributed by atoms with Crippen LogP contribution in [0.15, 0.2) is 4.99 Å². The van der Waals surface area contributed by atoms with Gasteiger partial charge in [0, 0.05) is 39.3 Å². The number of likely N-dealkylation sites (tertiary alicyclic amines) is 1. The Morgan fingerprint density at radius 1 is 1.21 bits per heavy atom. The van der Waals surface area contributed by atoms with Gasteiger partial charge in [0.15, 0.2) is 5.96 Å². The highest BCUT2D eigenvalue weighted by Crippen LogP contribution is 2.11. The molecule has 8 heteroatoms. The molecule has 0 aromatic heterocycles. The number of ether oxygens (including phenoxy) is 1. The summed E-state index contributed by atoms with van der Waals surface area (Å²) < 4.78 is 5.38. The van der Waals surface area contributed by atoms with Gasteiger partial charge >= 0.3 is 6.09 Å². The summed E-state index contributed by atoms with van der Waals surface area (Å²) in [6.07, 6.45) is 2.52. The molecule has 0 radical (unpaired) electrons. The summed E-state index contributed by atoms with van der Waals surface area (Å²) in [5.41, 5.74) is -0.519. The number of alkyl carbamates (subject to hydrolysis) is 1. The second kappa shape index (κ2) is 11.9. The van der Waals surface area contributed by atoms with Crippen LogP contribution >= 0.6 is 0 Å². The van der Waals surface area contributed by atoms with Crippen LogP contribution in [0.5, 0.6) is 0 Å². The Morgan fingerprint density at radius 2 is 1.83 bits per heavy atom. The summed E-state index contributed by atoms with van der Waals surface area (Å²) in [5, 5.41) is 6.22. The van der Waals surface area contributed by atoms with Crippen LogP contribution in [0.1, 0.15) is 60.8 Å². The van der Waals surface area contributed by atoms with Crippen molar-refractivity contribution < 1.29 is 14.3 Å². The van der Waals surface area contributed by atoms with Gasteiger partial charge in [0.1, 0.15) is 12.1 Å². The Balaban J connectivity index is 2.62. The minimum atomic E-state index is -0.519. The Labute approximate surface area is 176 Å².